The van der Waals surface area contributed by atoms with Crippen molar-refractivity contribution in [1.29, 1.82) is 0 Å². The second-order valence-electron chi connectivity index (χ2n) is 8.52. The average Bonchev–Trinajstić information content (AvgIpc) is 3.29. The van der Waals surface area contributed by atoms with Crippen molar-refractivity contribution >= 4 is 35.2 Å². The topological polar surface area (TPSA) is 6.48 Å². The lowest BCUT2D eigenvalue weighted by Crippen LogP contribution is -2.27. The van der Waals surface area contributed by atoms with E-state index in [1.165, 1.54) is 24.3 Å². The molecule has 0 aliphatic carbocycles. The Bertz CT molecular complexity index is 1290. The number of hydrogen-bond acceptors (Lipinski definition) is 2. The molecule has 1 aliphatic rings. The maximum Gasteiger partial charge on any atom is 0.416 e. The monoisotopic (exact) mass is 546 g/mol. The lowest BCUT2D eigenvalue weighted by molar-refractivity contribution is -0.138. The quantitative estimate of drug-likeness (QED) is 0.236. The van der Waals surface area contributed by atoms with Crippen molar-refractivity contribution in [3.05, 3.63) is 131 Å². The summed E-state index contributed by atoms with van der Waals surface area (Å²) >= 11 is 0. The number of anilines is 2. The second-order valence-corrected chi connectivity index (χ2v) is 8.52. The Balaban J connectivity index is 0.00000336. The van der Waals surface area contributed by atoms with E-state index in [1.807, 2.05) is 70.5 Å². The second kappa shape index (κ2) is 10.5. The van der Waals surface area contributed by atoms with Crippen LogP contribution < -0.4 is 9.80 Å². The zero-order valence-electron chi connectivity index (χ0n) is 19.7. The maximum atomic E-state index is 13.3. The molecule has 0 N–H and O–H groups in total. The lowest BCUT2D eigenvalue weighted by atomic mass is 10.0. The molecular weight excluding hydrogens is 526 g/mol. The fraction of sp³-hybridized carbons (Fsp3) is 0.103. The van der Waals surface area contributed by atoms with Crippen LogP contribution >= 0.6 is 12.4 Å². The normalized spacial score (nSPS) is 14.1. The van der Waals surface area contributed by atoms with Crippen LogP contribution in [0.1, 0.15) is 22.3 Å². The molecule has 4 aromatic rings. The summed E-state index contributed by atoms with van der Waals surface area (Å²) in [5.41, 5.74) is 2.21. The molecular formula is C29H21ClF6N2. The molecule has 0 radical (unpaired) electrons. The van der Waals surface area contributed by atoms with Gasteiger partial charge in [0.1, 0.15) is 6.67 Å². The first kappa shape index (κ1) is 27.1. The highest BCUT2D eigenvalue weighted by atomic mass is 35.5. The molecule has 4 aromatic carbocycles. The first-order valence-corrected chi connectivity index (χ1v) is 11.4. The highest BCUT2D eigenvalue weighted by Crippen LogP contribution is 2.44. The Labute approximate surface area is 221 Å². The number of hydrogen-bond donors (Lipinski definition) is 0. The largest absolute Gasteiger partial charge is 0.416 e. The summed E-state index contributed by atoms with van der Waals surface area (Å²) in [6.45, 7) is 0.306. The van der Waals surface area contributed by atoms with Crippen LogP contribution in [0.3, 0.4) is 0 Å². The molecule has 0 fully saturated rings. The molecule has 0 unspecified atom stereocenters. The minimum Gasteiger partial charge on any atom is -0.321 e. The van der Waals surface area contributed by atoms with Gasteiger partial charge in [0.2, 0.25) is 0 Å². The molecule has 1 heterocycles. The lowest BCUT2D eigenvalue weighted by Gasteiger charge is -2.25. The summed E-state index contributed by atoms with van der Waals surface area (Å²) in [5.74, 6) is 0. The van der Waals surface area contributed by atoms with E-state index in [0.717, 1.165) is 35.6 Å². The van der Waals surface area contributed by atoms with Gasteiger partial charge in [0.15, 0.2) is 0 Å². The van der Waals surface area contributed by atoms with E-state index >= 15 is 0 Å². The van der Waals surface area contributed by atoms with Crippen LogP contribution in [0.15, 0.2) is 109 Å². The average molecular weight is 547 g/mol. The van der Waals surface area contributed by atoms with Crippen LogP contribution in [0.5, 0.6) is 0 Å². The molecule has 0 aromatic heterocycles. The maximum absolute atomic E-state index is 13.3. The summed E-state index contributed by atoms with van der Waals surface area (Å²) in [5, 5.41) is 0. The standard InChI is InChI=1S/C29H20F6N2.ClH/c30-28(31,32)22-15-11-20(12-16-22)26-27(21-13-17-23(18-14-21)29(33,34)35)37(25-9-5-2-6-10-25)19-36(26)24-7-3-1-4-8-24;/h1-18H,19H2;1H. The number of benzene rings is 4. The predicted octanol–water partition coefficient (Wildman–Crippen LogP) is 8.96. The zero-order valence-corrected chi connectivity index (χ0v) is 20.5. The summed E-state index contributed by atoms with van der Waals surface area (Å²) in [6.07, 6.45) is -8.98. The van der Waals surface area contributed by atoms with E-state index in [9.17, 15) is 26.3 Å². The highest BCUT2D eigenvalue weighted by Gasteiger charge is 2.35. The van der Waals surface area contributed by atoms with Gasteiger partial charge in [-0.1, -0.05) is 60.7 Å². The molecule has 0 atom stereocenters. The molecule has 1 aliphatic heterocycles. The Hall–Kier alpha value is -3.91. The van der Waals surface area contributed by atoms with Gasteiger partial charge in [-0.25, -0.2) is 0 Å². The third-order valence-corrected chi connectivity index (χ3v) is 6.15. The number of rotatable bonds is 4. The molecule has 0 saturated heterocycles. The van der Waals surface area contributed by atoms with Crippen LogP contribution in [-0.4, -0.2) is 6.67 Å². The number of alkyl halides is 6. The van der Waals surface area contributed by atoms with E-state index in [1.54, 1.807) is 0 Å². The van der Waals surface area contributed by atoms with E-state index < -0.39 is 23.5 Å². The molecule has 0 bridgehead atoms. The number of halogens is 7. The summed E-state index contributed by atoms with van der Waals surface area (Å²) in [7, 11) is 0. The summed E-state index contributed by atoms with van der Waals surface area (Å²) in [6, 6.07) is 28.3. The Morgan fingerprint density at radius 1 is 0.447 bits per heavy atom. The third kappa shape index (κ3) is 5.36. The van der Waals surface area contributed by atoms with Gasteiger partial charge >= 0.3 is 12.4 Å². The van der Waals surface area contributed by atoms with Crippen molar-refractivity contribution in [2.45, 2.75) is 12.4 Å². The Morgan fingerprint density at radius 2 is 0.763 bits per heavy atom. The molecule has 0 saturated carbocycles. The van der Waals surface area contributed by atoms with Gasteiger partial charge < -0.3 is 9.80 Å². The molecule has 0 amide bonds. The third-order valence-electron chi connectivity index (χ3n) is 6.15. The number of para-hydroxylation sites is 2. The first-order valence-electron chi connectivity index (χ1n) is 11.4. The van der Waals surface area contributed by atoms with E-state index in [0.29, 0.717) is 29.2 Å². The van der Waals surface area contributed by atoms with Gasteiger partial charge in [0.05, 0.1) is 22.5 Å². The van der Waals surface area contributed by atoms with E-state index in [4.69, 9.17) is 0 Å². The van der Waals surface area contributed by atoms with Crippen molar-refractivity contribution in [3.63, 3.8) is 0 Å². The Morgan fingerprint density at radius 3 is 1.05 bits per heavy atom. The SMILES string of the molecule is Cl.FC(F)(F)c1ccc(C2=C(c3ccc(C(F)(F)F)cc3)N(c3ccccc3)CN2c2ccccc2)cc1. The van der Waals surface area contributed by atoms with Crippen LogP contribution in [0.2, 0.25) is 0 Å². The fourth-order valence-corrected chi connectivity index (χ4v) is 4.40. The van der Waals surface area contributed by atoms with Gasteiger partial charge in [0.25, 0.3) is 0 Å². The molecule has 5 rings (SSSR count). The van der Waals surface area contributed by atoms with Gasteiger partial charge in [-0.05, 0) is 48.5 Å². The first-order chi connectivity index (χ1) is 17.6. The molecule has 2 nitrogen and oxygen atoms in total. The minimum absolute atomic E-state index is 0. The van der Waals surface area contributed by atoms with E-state index in [-0.39, 0.29) is 12.4 Å². The molecule has 196 valence electrons. The smallest absolute Gasteiger partial charge is 0.321 e. The highest BCUT2D eigenvalue weighted by molar-refractivity contribution is 6.05. The van der Waals surface area contributed by atoms with Crippen LogP contribution in [0.4, 0.5) is 37.7 Å². The van der Waals surface area contributed by atoms with Gasteiger partial charge in [-0.2, -0.15) is 26.3 Å². The van der Waals surface area contributed by atoms with E-state index in [2.05, 4.69) is 0 Å². The van der Waals surface area contributed by atoms with Gasteiger partial charge in [-0.15, -0.1) is 12.4 Å². The van der Waals surface area contributed by atoms with Crippen molar-refractivity contribution in [3.8, 4) is 0 Å². The molecule has 9 heteroatoms. The van der Waals surface area contributed by atoms with Crippen molar-refractivity contribution in [2.24, 2.45) is 0 Å². The predicted molar refractivity (Wildman–Crippen MR) is 140 cm³/mol. The van der Waals surface area contributed by atoms with Crippen LogP contribution in [0.25, 0.3) is 11.4 Å². The molecule has 0 spiro atoms. The zero-order chi connectivity index (χ0) is 26.2. The fourth-order valence-electron chi connectivity index (χ4n) is 4.40. The minimum atomic E-state index is -4.49. The summed E-state index contributed by atoms with van der Waals surface area (Å²) in [4.78, 5) is 3.89. The van der Waals surface area contributed by atoms with Crippen molar-refractivity contribution in [2.75, 3.05) is 16.5 Å². The number of nitrogens with zero attached hydrogens (tertiary/aromatic N) is 2. The Kier molecular flexibility index (Phi) is 7.47. The summed E-state index contributed by atoms with van der Waals surface area (Å²) < 4.78 is 79.7. The van der Waals surface area contributed by atoms with Crippen molar-refractivity contribution in [1.82, 2.24) is 0 Å². The molecule has 38 heavy (non-hydrogen) atoms. The van der Waals surface area contributed by atoms with Gasteiger partial charge in [-0.3, -0.25) is 0 Å². The van der Waals surface area contributed by atoms with Gasteiger partial charge in [0, 0.05) is 22.5 Å². The van der Waals surface area contributed by atoms with Crippen LogP contribution in [-0.2, 0) is 12.4 Å². The van der Waals surface area contributed by atoms with Crippen LogP contribution in [0, 0.1) is 0 Å². The van der Waals surface area contributed by atoms with Crippen molar-refractivity contribution < 1.29 is 26.3 Å².